The lowest BCUT2D eigenvalue weighted by atomic mass is 10.1. The third-order valence-corrected chi connectivity index (χ3v) is 6.18. The van der Waals surface area contributed by atoms with Gasteiger partial charge < -0.3 is 4.74 Å². The molecule has 1 saturated heterocycles. The molecular formula is C24H27N3O3S2. The molecule has 32 heavy (non-hydrogen) atoms. The van der Waals surface area contributed by atoms with Gasteiger partial charge in [-0.3, -0.25) is 20.0 Å². The number of ether oxygens (including phenoxy) is 1. The van der Waals surface area contributed by atoms with Crippen molar-refractivity contribution in [1.82, 2.24) is 15.4 Å². The molecule has 1 fully saturated rings. The fourth-order valence-corrected chi connectivity index (χ4v) is 4.29. The van der Waals surface area contributed by atoms with Gasteiger partial charge in [-0.15, -0.1) is 0 Å². The van der Waals surface area contributed by atoms with Gasteiger partial charge in [-0.2, -0.15) is 5.01 Å². The zero-order chi connectivity index (χ0) is 22.8. The minimum atomic E-state index is -0.442. The normalized spacial score (nSPS) is 14.8. The monoisotopic (exact) mass is 469 g/mol. The van der Waals surface area contributed by atoms with Crippen LogP contribution in [-0.4, -0.2) is 32.7 Å². The maximum atomic E-state index is 12.7. The third-order valence-electron chi connectivity index (χ3n) is 4.88. The van der Waals surface area contributed by atoms with Crippen LogP contribution in [-0.2, 0) is 4.79 Å². The highest BCUT2D eigenvalue weighted by molar-refractivity contribution is 8.26. The Kier molecular flexibility index (Phi) is 9.25. The van der Waals surface area contributed by atoms with Gasteiger partial charge in [0.1, 0.15) is 5.75 Å². The highest BCUT2D eigenvalue weighted by atomic mass is 32.2. The molecule has 0 radical (unpaired) electrons. The molecule has 6 nitrogen and oxygen atoms in total. The van der Waals surface area contributed by atoms with E-state index in [1.165, 1.54) is 38.3 Å². The van der Waals surface area contributed by atoms with Gasteiger partial charge in [-0.1, -0.05) is 62.9 Å². The van der Waals surface area contributed by atoms with E-state index in [1.807, 2.05) is 24.3 Å². The maximum Gasteiger partial charge on any atom is 0.285 e. The Morgan fingerprint density at radius 2 is 1.91 bits per heavy atom. The summed E-state index contributed by atoms with van der Waals surface area (Å²) in [5, 5.41) is 1.10. The summed E-state index contributed by atoms with van der Waals surface area (Å²) in [7, 11) is 0. The summed E-state index contributed by atoms with van der Waals surface area (Å²) in [5.74, 6) is 0.00939. The zero-order valence-electron chi connectivity index (χ0n) is 18.1. The molecule has 0 spiro atoms. The second-order valence-electron chi connectivity index (χ2n) is 7.39. The summed E-state index contributed by atoms with van der Waals surface area (Å²) in [6.07, 6.45) is 12.1. The fourth-order valence-electron chi connectivity index (χ4n) is 3.11. The Hall–Kier alpha value is -2.71. The number of carbonyl (C=O) groups is 2. The molecule has 1 aromatic heterocycles. The molecule has 2 aromatic rings. The number of benzene rings is 1. The smallest absolute Gasteiger partial charge is 0.285 e. The molecule has 2 amide bonds. The van der Waals surface area contributed by atoms with Gasteiger partial charge in [-0.25, -0.2) is 0 Å². The van der Waals surface area contributed by atoms with Crippen molar-refractivity contribution in [2.24, 2.45) is 0 Å². The number of rotatable bonds is 11. The number of amides is 2. The van der Waals surface area contributed by atoms with Crippen LogP contribution in [0.1, 0.15) is 61.4 Å². The van der Waals surface area contributed by atoms with Crippen LogP contribution in [0.5, 0.6) is 5.75 Å². The molecule has 3 rings (SSSR count). The summed E-state index contributed by atoms with van der Waals surface area (Å²) < 4.78 is 6.08. The van der Waals surface area contributed by atoms with Crippen molar-refractivity contribution in [2.45, 2.75) is 45.4 Å². The molecule has 0 aliphatic carbocycles. The molecule has 168 valence electrons. The molecule has 1 aromatic carbocycles. The summed E-state index contributed by atoms with van der Waals surface area (Å²) in [6.45, 7) is 2.93. The van der Waals surface area contributed by atoms with Crippen LogP contribution in [0.3, 0.4) is 0 Å². The van der Waals surface area contributed by atoms with Crippen LogP contribution in [0, 0.1) is 0 Å². The van der Waals surface area contributed by atoms with Gasteiger partial charge in [0.05, 0.1) is 17.1 Å². The second kappa shape index (κ2) is 12.4. The molecule has 8 heteroatoms. The predicted molar refractivity (Wildman–Crippen MR) is 132 cm³/mol. The second-order valence-corrected chi connectivity index (χ2v) is 9.06. The summed E-state index contributed by atoms with van der Waals surface area (Å²) in [5.41, 5.74) is 3.75. The van der Waals surface area contributed by atoms with Gasteiger partial charge in [0, 0.05) is 12.4 Å². The summed E-state index contributed by atoms with van der Waals surface area (Å²) in [4.78, 5) is 29.4. The van der Waals surface area contributed by atoms with Gasteiger partial charge >= 0.3 is 0 Å². The number of nitrogens with zero attached hydrogens (tertiary/aromatic N) is 2. The first-order valence-electron chi connectivity index (χ1n) is 10.8. The van der Waals surface area contributed by atoms with Crippen LogP contribution >= 0.6 is 24.0 Å². The highest BCUT2D eigenvalue weighted by Gasteiger charge is 2.33. The Labute approximate surface area is 198 Å². The van der Waals surface area contributed by atoms with Crippen molar-refractivity contribution in [2.75, 3.05) is 6.61 Å². The number of carbonyl (C=O) groups excluding carboxylic acids is 2. The van der Waals surface area contributed by atoms with Gasteiger partial charge in [0.2, 0.25) is 0 Å². The van der Waals surface area contributed by atoms with E-state index >= 15 is 0 Å². The van der Waals surface area contributed by atoms with Crippen molar-refractivity contribution < 1.29 is 14.3 Å². The maximum absolute atomic E-state index is 12.7. The van der Waals surface area contributed by atoms with E-state index in [4.69, 9.17) is 17.0 Å². The average Bonchev–Trinajstić information content (AvgIpc) is 3.07. The lowest BCUT2D eigenvalue weighted by Gasteiger charge is -2.15. The standard InChI is InChI=1S/C24H27N3O3S2/c1-2-3-4-5-6-7-15-30-20-12-10-18(11-13-20)16-21-23(29)27(24(31)32-21)26-22(28)19-9-8-14-25-17-19/h8-14,16-17H,2-7,15H2,1H3,(H,26,28). The van der Waals surface area contributed by atoms with E-state index in [2.05, 4.69) is 17.3 Å². The SMILES string of the molecule is CCCCCCCCOc1ccc(C=C2SC(=S)N(NC(=O)c3cccnc3)C2=O)cc1. The Balaban J connectivity index is 1.51. The minimum absolute atomic E-state index is 0.275. The van der Waals surface area contributed by atoms with Gasteiger partial charge in [-0.05, 0) is 54.5 Å². The van der Waals surface area contributed by atoms with E-state index in [0.29, 0.717) is 17.1 Å². The number of thiocarbonyl (C=S) groups is 1. The molecule has 0 atom stereocenters. The largest absolute Gasteiger partial charge is 0.494 e. The number of thioether (sulfide) groups is 1. The minimum Gasteiger partial charge on any atom is -0.494 e. The summed E-state index contributed by atoms with van der Waals surface area (Å²) in [6, 6.07) is 10.9. The van der Waals surface area contributed by atoms with Crippen LogP contribution in [0.4, 0.5) is 0 Å². The number of nitrogens with one attached hydrogen (secondary N) is 1. The third kappa shape index (κ3) is 6.90. The zero-order valence-corrected chi connectivity index (χ0v) is 19.7. The van der Waals surface area contributed by atoms with Crippen molar-refractivity contribution in [3.8, 4) is 5.75 Å². The molecule has 0 bridgehead atoms. The number of hydrogen-bond donors (Lipinski definition) is 1. The molecule has 0 unspecified atom stereocenters. The van der Waals surface area contributed by atoms with Gasteiger partial charge in [0.25, 0.3) is 11.8 Å². The van der Waals surface area contributed by atoms with E-state index < -0.39 is 5.91 Å². The molecule has 0 saturated carbocycles. The predicted octanol–water partition coefficient (Wildman–Crippen LogP) is 5.37. The number of aromatic nitrogens is 1. The van der Waals surface area contributed by atoms with Crippen LogP contribution in [0.2, 0.25) is 0 Å². The Morgan fingerprint density at radius 1 is 1.16 bits per heavy atom. The van der Waals surface area contributed by atoms with E-state index in [0.717, 1.165) is 34.5 Å². The van der Waals surface area contributed by atoms with Crippen molar-refractivity contribution in [3.05, 3.63) is 64.8 Å². The Morgan fingerprint density at radius 3 is 2.62 bits per heavy atom. The number of unbranched alkanes of at least 4 members (excludes halogenated alkanes) is 5. The van der Waals surface area contributed by atoms with Crippen molar-refractivity contribution >= 4 is 46.2 Å². The lowest BCUT2D eigenvalue weighted by Crippen LogP contribution is -2.44. The average molecular weight is 470 g/mol. The van der Waals surface area contributed by atoms with Crippen molar-refractivity contribution in [3.63, 3.8) is 0 Å². The van der Waals surface area contributed by atoms with E-state index in [9.17, 15) is 9.59 Å². The number of hydrogen-bond acceptors (Lipinski definition) is 6. The van der Waals surface area contributed by atoms with Gasteiger partial charge in [0.15, 0.2) is 4.32 Å². The highest BCUT2D eigenvalue weighted by Crippen LogP contribution is 2.31. The first-order valence-corrected chi connectivity index (χ1v) is 12.0. The molecule has 1 aliphatic rings. The molecule has 1 N–H and O–H groups in total. The number of pyridine rings is 1. The number of hydrazine groups is 1. The summed E-state index contributed by atoms with van der Waals surface area (Å²) >= 11 is 6.42. The van der Waals surface area contributed by atoms with Crippen LogP contribution in [0.25, 0.3) is 6.08 Å². The molecule has 1 aliphatic heterocycles. The van der Waals surface area contributed by atoms with Crippen molar-refractivity contribution in [1.29, 1.82) is 0 Å². The first kappa shape index (κ1) is 23.9. The fraction of sp³-hybridized carbons (Fsp3) is 0.333. The first-order chi connectivity index (χ1) is 15.6. The lowest BCUT2D eigenvalue weighted by molar-refractivity contribution is -0.123. The topological polar surface area (TPSA) is 71.5 Å². The molecular weight excluding hydrogens is 442 g/mol. The molecule has 2 heterocycles. The van der Waals surface area contributed by atoms with E-state index in [1.54, 1.807) is 24.4 Å². The van der Waals surface area contributed by atoms with E-state index in [-0.39, 0.29) is 10.2 Å². The Bertz CT molecular complexity index is 962. The van der Waals surface area contributed by atoms with Crippen LogP contribution in [0.15, 0.2) is 53.7 Å². The van der Waals surface area contributed by atoms with Crippen LogP contribution < -0.4 is 10.2 Å². The quantitative estimate of drug-likeness (QED) is 0.271.